The van der Waals surface area contributed by atoms with E-state index in [0.717, 1.165) is 11.4 Å². The third kappa shape index (κ3) is 3.34. The fourth-order valence-electron chi connectivity index (χ4n) is 0.956. The predicted molar refractivity (Wildman–Crippen MR) is 60.7 cm³/mol. The predicted octanol–water partition coefficient (Wildman–Crippen LogP) is 1.95. The van der Waals surface area contributed by atoms with Gasteiger partial charge < -0.3 is 9.73 Å². The van der Waals surface area contributed by atoms with Crippen molar-refractivity contribution in [3.8, 4) is 0 Å². The van der Waals surface area contributed by atoms with E-state index in [4.69, 9.17) is 4.42 Å². The van der Waals surface area contributed by atoms with Crippen LogP contribution in [0.25, 0.3) is 0 Å². The Morgan fingerprint density at radius 2 is 2.38 bits per heavy atom. The Hall–Kier alpha value is -1.37. The summed E-state index contributed by atoms with van der Waals surface area (Å²) in [5.74, 6) is -0.637. The summed E-state index contributed by atoms with van der Waals surface area (Å²) < 4.78 is 4.75. The highest BCUT2D eigenvalue weighted by molar-refractivity contribution is 9.09. The van der Waals surface area contributed by atoms with E-state index in [9.17, 15) is 14.9 Å². The van der Waals surface area contributed by atoms with E-state index in [-0.39, 0.29) is 11.7 Å². The molecule has 0 saturated carbocycles. The number of halogens is 1. The molecule has 16 heavy (non-hydrogen) atoms. The number of alkyl halides is 1. The minimum absolute atomic E-state index is 0.0477. The minimum Gasteiger partial charge on any atom is -0.395 e. The molecule has 1 amide bonds. The molecule has 0 aliphatic heterocycles. The summed E-state index contributed by atoms with van der Waals surface area (Å²) in [4.78, 5) is 21.1. The van der Waals surface area contributed by atoms with Gasteiger partial charge in [0, 0.05) is 11.9 Å². The summed E-state index contributed by atoms with van der Waals surface area (Å²) in [5, 5.41) is 13.7. The highest BCUT2D eigenvalue weighted by atomic mass is 79.9. The van der Waals surface area contributed by atoms with Crippen LogP contribution < -0.4 is 5.32 Å². The van der Waals surface area contributed by atoms with Gasteiger partial charge in [0.1, 0.15) is 4.92 Å². The molecule has 0 bridgehead atoms. The lowest BCUT2D eigenvalue weighted by Gasteiger charge is -2.07. The molecule has 1 aromatic rings. The number of amides is 1. The van der Waals surface area contributed by atoms with Crippen molar-refractivity contribution in [3.63, 3.8) is 0 Å². The number of nitro groups is 1. The molecule has 7 heteroatoms. The molecule has 0 spiro atoms. The maximum Gasteiger partial charge on any atom is 0.433 e. The molecule has 0 aliphatic carbocycles. The second-order valence-corrected chi connectivity index (χ2v) is 4.01. The SMILES string of the molecule is CC(CBr)CNC(=O)c1ccc([N+](=O)[O-])o1. The molecule has 0 aliphatic rings. The van der Waals surface area contributed by atoms with Gasteiger partial charge in [-0.25, -0.2) is 0 Å². The van der Waals surface area contributed by atoms with Crippen molar-refractivity contribution in [1.82, 2.24) is 5.32 Å². The molecule has 1 aromatic heterocycles. The Morgan fingerprint density at radius 1 is 1.69 bits per heavy atom. The van der Waals surface area contributed by atoms with E-state index in [1.165, 1.54) is 6.07 Å². The van der Waals surface area contributed by atoms with E-state index in [1.54, 1.807) is 0 Å². The molecule has 0 saturated heterocycles. The maximum atomic E-state index is 11.5. The zero-order valence-electron chi connectivity index (χ0n) is 8.60. The third-order valence-electron chi connectivity index (χ3n) is 1.87. The third-order valence-corrected chi connectivity index (χ3v) is 2.98. The Balaban J connectivity index is 2.56. The topological polar surface area (TPSA) is 85.4 Å². The number of carbonyl (C=O) groups excluding carboxylic acids is 1. The quantitative estimate of drug-likeness (QED) is 0.510. The van der Waals surface area contributed by atoms with Crippen molar-refractivity contribution in [2.24, 2.45) is 5.92 Å². The van der Waals surface area contributed by atoms with Crippen molar-refractivity contribution in [2.75, 3.05) is 11.9 Å². The number of furan rings is 1. The second-order valence-electron chi connectivity index (χ2n) is 3.36. The molecule has 1 N–H and O–H groups in total. The van der Waals surface area contributed by atoms with Gasteiger partial charge in [-0.05, 0) is 12.0 Å². The number of nitrogens with one attached hydrogen (secondary N) is 1. The molecule has 6 nitrogen and oxygen atoms in total. The van der Waals surface area contributed by atoms with Gasteiger partial charge in [0.15, 0.2) is 5.76 Å². The van der Waals surface area contributed by atoms with Crippen molar-refractivity contribution in [3.05, 3.63) is 28.0 Å². The first-order chi connectivity index (χ1) is 7.54. The van der Waals surface area contributed by atoms with Crippen LogP contribution in [0.4, 0.5) is 5.88 Å². The first kappa shape index (κ1) is 12.7. The lowest BCUT2D eigenvalue weighted by Crippen LogP contribution is -2.28. The van der Waals surface area contributed by atoms with Gasteiger partial charge in [-0.3, -0.25) is 14.9 Å². The number of nitrogens with zero attached hydrogens (tertiary/aromatic N) is 1. The molecule has 1 heterocycles. The average Bonchev–Trinajstić information content (AvgIpc) is 2.74. The van der Waals surface area contributed by atoms with E-state index in [2.05, 4.69) is 21.2 Å². The first-order valence-corrected chi connectivity index (χ1v) is 5.75. The summed E-state index contributed by atoms with van der Waals surface area (Å²) in [6.07, 6.45) is 0. The average molecular weight is 291 g/mol. The maximum absolute atomic E-state index is 11.5. The van der Waals surface area contributed by atoms with Crippen LogP contribution in [0.5, 0.6) is 0 Å². The summed E-state index contributed by atoms with van der Waals surface area (Å²) >= 11 is 3.28. The zero-order valence-corrected chi connectivity index (χ0v) is 10.2. The van der Waals surface area contributed by atoms with Gasteiger partial charge in [0.25, 0.3) is 5.91 Å². The van der Waals surface area contributed by atoms with Gasteiger partial charge in [-0.15, -0.1) is 0 Å². The molecule has 1 unspecified atom stereocenters. The van der Waals surface area contributed by atoms with Crippen molar-refractivity contribution >= 4 is 27.7 Å². The van der Waals surface area contributed by atoms with Gasteiger partial charge in [0.05, 0.1) is 6.07 Å². The monoisotopic (exact) mass is 290 g/mol. The Labute approximate surface area is 100 Å². The fraction of sp³-hybridized carbons (Fsp3) is 0.444. The normalized spacial score (nSPS) is 12.1. The lowest BCUT2D eigenvalue weighted by molar-refractivity contribution is -0.402. The second kappa shape index (κ2) is 5.64. The molecule has 0 fully saturated rings. The summed E-state index contributed by atoms with van der Waals surface area (Å²) in [6.45, 7) is 2.44. The Bertz CT molecular complexity index is 391. The van der Waals surface area contributed by atoms with Gasteiger partial charge >= 0.3 is 5.88 Å². The highest BCUT2D eigenvalue weighted by Gasteiger charge is 2.17. The Morgan fingerprint density at radius 3 is 2.88 bits per heavy atom. The van der Waals surface area contributed by atoms with Crippen molar-refractivity contribution in [2.45, 2.75) is 6.92 Å². The van der Waals surface area contributed by atoms with Crippen LogP contribution in [-0.2, 0) is 0 Å². The molecular formula is C9H11BrN2O4. The van der Waals surface area contributed by atoms with Crippen LogP contribution in [-0.4, -0.2) is 22.7 Å². The van der Waals surface area contributed by atoms with E-state index in [1.807, 2.05) is 6.92 Å². The highest BCUT2D eigenvalue weighted by Crippen LogP contribution is 2.15. The van der Waals surface area contributed by atoms with Crippen LogP contribution in [0, 0.1) is 16.0 Å². The van der Waals surface area contributed by atoms with Crippen LogP contribution in [0.15, 0.2) is 16.5 Å². The van der Waals surface area contributed by atoms with E-state index in [0.29, 0.717) is 6.54 Å². The van der Waals surface area contributed by atoms with E-state index < -0.39 is 16.7 Å². The van der Waals surface area contributed by atoms with Crippen molar-refractivity contribution in [1.29, 1.82) is 0 Å². The number of carbonyl (C=O) groups is 1. The number of hydrogen-bond donors (Lipinski definition) is 1. The first-order valence-electron chi connectivity index (χ1n) is 4.63. The number of rotatable bonds is 5. The molecular weight excluding hydrogens is 280 g/mol. The summed E-state index contributed by atoms with van der Waals surface area (Å²) in [5.41, 5.74) is 0. The standard InChI is InChI=1S/C9H11BrN2O4/c1-6(4-10)5-11-9(13)7-2-3-8(16-7)12(14)15/h2-3,6H,4-5H2,1H3,(H,11,13). The smallest absolute Gasteiger partial charge is 0.395 e. The van der Waals surface area contributed by atoms with Gasteiger partial charge in [-0.1, -0.05) is 22.9 Å². The molecule has 88 valence electrons. The van der Waals surface area contributed by atoms with Crippen LogP contribution in [0.3, 0.4) is 0 Å². The minimum atomic E-state index is -0.683. The Kier molecular flexibility index (Phi) is 4.48. The summed E-state index contributed by atoms with van der Waals surface area (Å²) in [7, 11) is 0. The van der Waals surface area contributed by atoms with Crippen molar-refractivity contribution < 1.29 is 14.1 Å². The molecule has 0 aromatic carbocycles. The largest absolute Gasteiger partial charge is 0.433 e. The summed E-state index contributed by atoms with van der Waals surface area (Å²) in [6, 6.07) is 2.44. The molecule has 1 atom stereocenters. The fourth-order valence-corrected chi connectivity index (χ4v) is 1.19. The molecule has 0 radical (unpaired) electrons. The van der Waals surface area contributed by atoms with Crippen LogP contribution in [0.2, 0.25) is 0 Å². The number of hydrogen-bond acceptors (Lipinski definition) is 4. The van der Waals surface area contributed by atoms with Crippen LogP contribution in [0.1, 0.15) is 17.5 Å². The lowest BCUT2D eigenvalue weighted by atomic mass is 10.2. The van der Waals surface area contributed by atoms with Crippen LogP contribution >= 0.6 is 15.9 Å². The van der Waals surface area contributed by atoms with E-state index >= 15 is 0 Å². The zero-order chi connectivity index (χ0) is 12.1. The van der Waals surface area contributed by atoms with Gasteiger partial charge in [-0.2, -0.15) is 0 Å². The van der Waals surface area contributed by atoms with Gasteiger partial charge in [0.2, 0.25) is 0 Å². The molecule has 1 rings (SSSR count).